The monoisotopic (exact) mass is 249 g/mol. The highest BCUT2D eigenvalue weighted by molar-refractivity contribution is 5.28. The molecule has 3 nitrogen and oxygen atoms in total. The fourth-order valence-corrected chi connectivity index (χ4v) is 2.31. The number of ether oxygens (including phenoxy) is 1. The first kappa shape index (κ1) is 13.4. The summed E-state index contributed by atoms with van der Waals surface area (Å²) in [6, 6.07) is 8.22. The Morgan fingerprint density at radius 3 is 2.89 bits per heavy atom. The number of hydrogen-bond donors (Lipinski definition) is 2. The lowest BCUT2D eigenvalue weighted by molar-refractivity contribution is 0.245. The van der Waals surface area contributed by atoms with Crippen LogP contribution in [0.1, 0.15) is 31.7 Å². The van der Waals surface area contributed by atoms with Crippen LogP contribution in [0.4, 0.5) is 0 Å². The Hall–Kier alpha value is -1.06. The van der Waals surface area contributed by atoms with E-state index < -0.39 is 0 Å². The average Bonchev–Trinajstić information content (AvgIpc) is 3.11. The van der Waals surface area contributed by atoms with Crippen LogP contribution < -0.4 is 10.1 Å². The maximum absolute atomic E-state index is 9.01. The highest BCUT2D eigenvalue weighted by atomic mass is 16.5. The molecule has 18 heavy (non-hydrogen) atoms. The van der Waals surface area contributed by atoms with Crippen LogP contribution in [0, 0.1) is 5.41 Å². The highest BCUT2D eigenvalue weighted by Crippen LogP contribution is 2.47. The molecule has 1 aliphatic rings. The Bertz CT molecular complexity index is 375. The predicted molar refractivity (Wildman–Crippen MR) is 72.7 cm³/mol. The zero-order valence-corrected chi connectivity index (χ0v) is 11.1. The molecule has 2 N–H and O–H groups in total. The molecular weight excluding hydrogens is 226 g/mol. The van der Waals surface area contributed by atoms with Gasteiger partial charge in [0.2, 0.25) is 0 Å². The van der Waals surface area contributed by atoms with Crippen LogP contribution in [-0.4, -0.2) is 24.9 Å². The number of aliphatic hydroxyl groups excluding tert-OH is 1. The Kier molecular flexibility index (Phi) is 4.61. The van der Waals surface area contributed by atoms with Crippen LogP contribution in [0.5, 0.6) is 5.75 Å². The summed E-state index contributed by atoms with van der Waals surface area (Å²) in [5, 5.41) is 12.5. The van der Waals surface area contributed by atoms with E-state index in [9.17, 15) is 0 Å². The van der Waals surface area contributed by atoms with E-state index in [1.807, 2.05) is 19.1 Å². The summed E-state index contributed by atoms with van der Waals surface area (Å²) < 4.78 is 5.48. The molecule has 0 amide bonds. The molecule has 0 heterocycles. The van der Waals surface area contributed by atoms with Crippen LogP contribution in [0.15, 0.2) is 24.3 Å². The van der Waals surface area contributed by atoms with Gasteiger partial charge in [-0.3, -0.25) is 0 Å². The first-order valence-corrected chi connectivity index (χ1v) is 6.81. The third-order valence-corrected chi connectivity index (χ3v) is 3.64. The Morgan fingerprint density at radius 1 is 1.39 bits per heavy atom. The smallest absolute Gasteiger partial charge is 0.119 e. The number of benzene rings is 1. The molecule has 0 spiro atoms. The summed E-state index contributed by atoms with van der Waals surface area (Å²) in [6.45, 7) is 4.88. The fraction of sp³-hybridized carbons (Fsp3) is 0.600. The lowest BCUT2D eigenvalue weighted by Gasteiger charge is -2.14. The molecule has 3 heteroatoms. The zero-order chi connectivity index (χ0) is 12.8. The van der Waals surface area contributed by atoms with Gasteiger partial charge in [-0.1, -0.05) is 12.1 Å². The van der Waals surface area contributed by atoms with Gasteiger partial charge in [-0.2, -0.15) is 0 Å². The van der Waals surface area contributed by atoms with E-state index >= 15 is 0 Å². The van der Waals surface area contributed by atoms with Gasteiger partial charge in [-0.15, -0.1) is 0 Å². The normalized spacial score (nSPS) is 16.6. The lowest BCUT2D eigenvalue weighted by atomic mass is 10.0. The van der Waals surface area contributed by atoms with Crippen LogP contribution in [-0.2, 0) is 6.54 Å². The van der Waals surface area contributed by atoms with Gasteiger partial charge in [0.25, 0.3) is 0 Å². The van der Waals surface area contributed by atoms with E-state index in [1.165, 1.54) is 18.4 Å². The standard InChI is InChI=1S/C15H23NO2/c1-2-18-14-5-3-4-13(10-14)11-16-12-15(6-7-15)8-9-17/h3-5,10,16-17H,2,6-9,11-12H2,1H3. The van der Waals surface area contributed by atoms with E-state index in [0.717, 1.165) is 25.3 Å². The molecule has 1 fully saturated rings. The second-order valence-electron chi connectivity index (χ2n) is 5.16. The van der Waals surface area contributed by atoms with E-state index in [-0.39, 0.29) is 0 Å². The van der Waals surface area contributed by atoms with Gasteiger partial charge < -0.3 is 15.2 Å². The van der Waals surface area contributed by atoms with Crippen molar-refractivity contribution in [1.82, 2.24) is 5.32 Å². The second-order valence-corrected chi connectivity index (χ2v) is 5.16. The van der Waals surface area contributed by atoms with Crippen molar-refractivity contribution in [3.63, 3.8) is 0 Å². The van der Waals surface area contributed by atoms with Crippen molar-refractivity contribution < 1.29 is 9.84 Å². The van der Waals surface area contributed by atoms with Gasteiger partial charge in [0.1, 0.15) is 5.75 Å². The summed E-state index contributed by atoms with van der Waals surface area (Å²) >= 11 is 0. The topological polar surface area (TPSA) is 41.5 Å². The summed E-state index contributed by atoms with van der Waals surface area (Å²) in [6.07, 6.45) is 3.43. The molecule has 0 aliphatic heterocycles. The lowest BCUT2D eigenvalue weighted by Crippen LogP contribution is -2.24. The molecule has 0 saturated heterocycles. The predicted octanol–water partition coefficient (Wildman–Crippen LogP) is 2.34. The molecular formula is C15H23NO2. The SMILES string of the molecule is CCOc1cccc(CNCC2(CCO)CC2)c1. The van der Waals surface area contributed by atoms with Crippen LogP contribution in [0.3, 0.4) is 0 Å². The molecule has 0 atom stereocenters. The van der Waals surface area contributed by atoms with Crippen molar-refractivity contribution in [3.8, 4) is 5.75 Å². The molecule has 1 aromatic rings. The Labute approximate surface area is 109 Å². The van der Waals surface area contributed by atoms with E-state index in [4.69, 9.17) is 9.84 Å². The minimum absolute atomic E-state index is 0.307. The van der Waals surface area contributed by atoms with Crippen molar-refractivity contribution in [2.75, 3.05) is 19.8 Å². The first-order valence-electron chi connectivity index (χ1n) is 6.81. The van der Waals surface area contributed by atoms with Crippen LogP contribution in [0.2, 0.25) is 0 Å². The second kappa shape index (κ2) is 6.21. The van der Waals surface area contributed by atoms with Crippen molar-refractivity contribution in [2.45, 2.75) is 32.7 Å². The number of hydrogen-bond acceptors (Lipinski definition) is 3. The van der Waals surface area contributed by atoms with Gasteiger partial charge >= 0.3 is 0 Å². The number of rotatable bonds is 8. The first-order chi connectivity index (χ1) is 8.78. The van der Waals surface area contributed by atoms with Crippen molar-refractivity contribution in [2.24, 2.45) is 5.41 Å². The third-order valence-electron chi connectivity index (χ3n) is 3.64. The number of nitrogens with one attached hydrogen (secondary N) is 1. The minimum Gasteiger partial charge on any atom is -0.494 e. The van der Waals surface area contributed by atoms with Gasteiger partial charge in [0.15, 0.2) is 0 Å². The Morgan fingerprint density at radius 2 is 2.22 bits per heavy atom. The van der Waals surface area contributed by atoms with Gasteiger partial charge in [-0.05, 0) is 49.3 Å². The van der Waals surface area contributed by atoms with Crippen molar-refractivity contribution in [1.29, 1.82) is 0 Å². The van der Waals surface area contributed by atoms with Gasteiger partial charge in [0, 0.05) is 19.7 Å². The molecule has 100 valence electrons. The largest absolute Gasteiger partial charge is 0.494 e. The summed E-state index contributed by atoms with van der Waals surface area (Å²) in [7, 11) is 0. The molecule has 0 aromatic heterocycles. The highest BCUT2D eigenvalue weighted by Gasteiger charge is 2.41. The molecule has 2 rings (SSSR count). The molecule has 0 bridgehead atoms. The van der Waals surface area contributed by atoms with Crippen molar-refractivity contribution in [3.05, 3.63) is 29.8 Å². The maximum Gasteiger partial charge on any atom is 0.119 e. The molecule has 1 aliphatic carbocycles. The summed E-state index contributed by atoms with van der Waals surface area (Å²) in [5.74, 6) is 0.938. The molecule has 1 saturated carbocycles. The minimum atomic E-state index is 0.307. The van der Waals surface area contributed by atoms with Crippen molar-refractivity contribution >= 4 is 0 Å². The van der Waals surface area contributed by atoms with Gasteiger partial charge in [-0.25, -0.2) is 0 Å². The number of aliphatic hydroxyl groups is 1. The van der Waals surface area contributed by atoms with E-state index in [2.05, 4.69) is 17.4 Å². The van der Waals surface area contributed by atoms with E-state index in [0.29, 0.717) is 18.6 Å². The van der Waals surface area contributed by atoms with Crippen LogP contribution in [0.25, 0.3) is 0 Å². The van der Waals surface area contributed by atoms with Crippen LogP contribution >= 0.6 is 0 Å². The van der Waals surface area contributed by atoms with E-state index in [1.54, 1.807) is 0 Å². The van der Waals surface area contributed by atoms with Gasteiger partial charge in [0.05, 0.1) is 6.61 Å². The zero-order valence-electron chi connectivity index (χ0n) is 11.1. The Balaban J connectivity index is 1.78. The fourth-order valence-electron chi connectivity index (χ4n) is 2.31. The summed E-state index contributed by atoms with van der Waals surface area (Å²) in [4.78, 5) is 0. The maximum atomic E-state index is 9.01. The molecule has 0 unspecified atom stereocenters. The quantitative estimate of drug-likeness (QED) is 0.743. The third kappa shape index (κ3) is 3.72. The molecule has 1 aromatic carbocycles. The molecule has 0 radical (unpaired) electrons. The summed E-state index contributed by atoms with van der Waals surface area (Å²) in [5.41, 5.74) is 1.63. The average molecular weight is 249 g/mol.